The van der Waals surface area contributed by atoms with Gasteiger partial charge in [-0.25, -0.2) is 4.79 Å². The Morgan fingerprint density at radius 3 is 2.75 bits per heavy atom. The van der Waals surface area contributed by atoms with Crippen LogP contribution >= 0.6 is 11.6 Å². The normalized spacial score (nSPS) is 12.2. The van der Waals surface area contributed by atoms with Gasteiger partial charge in [-0.2, -0.15) is 0 Å². The van der Waals surface area contributed by atoms with Crippen LogP contribution in [0.1, 0.15) is 11.1 Å². The largest absolute Gasteiger partial charge is 0.467 e. The highest BCUT2D eigenvalue weighted by molar-refractivity contribution is 6.33. The van der Waals surface area contributed by atoms with Gasteiger partial charge in [0.05, 0.1) is 17.8 Å². The summed E-state index contributed by atoms with van der Waals surface area (Å²) in [5, 5.41) is 9.90. The maximum absolute atomic E-state index is 11.0. The van der Waals surface area contributed by atoms with Crippen LogP contribution in [0.3, 0.4) is 0 Å². The van der Waals surface area contributed by atoms with Crippen LogP contribution in [-0.2, 0) is 16.0 Å². The number of aliphatic hydroxyl groups is 1. The Morgan fingerprint density at radius 1 is 1.62 bits per heavy atom. The summed E-state index contributed by atoms with van der Waals surface area (Å²) in [5.74, 6) is -0.661. The molecule has 16 heavy (non-hydrogen) atoms. The molecule has 0 heterocycles. The van der Waals surface area contributed by atoms with Crippen molar-refractivity contribution >= 4 is 23.3 Å². The Morgan fingerprint density at radius 2 is 2.25 bits per heavy atom. The first kappa shape index (κ1) is 12.8. The predicted octanol–water partition coefficient (Wildman–Crippen LogP) is 1.31. The molecule has 1 rings (SSSR count). The van der Waals surface area contributed by atoms with Crippen molar-refractivity contribution < 1.29 is 14.6 Å². The summed E-state index contributed by atoms with van der Waals surface area (Å²) in [5.41, 5.74) is 7.76. The number of aliphatic hydroxyl groups excluding tert-OH is 1. The fourth-order valence-electron chi connectivity index (χ4n) is 1.39. The van der Waals surface area contributed by atoms with Crippen LogP contribution in [-0.4, -0.2) is 24.3 Å². The SMILES string of the molecule is COC(=O)C(O)Cc1cc(C)c(N)c(Cl)c1. The number of hydrogen-bond acceptors (Lipinski definition) is 4. The molecule has 0 aromatic heterocycles. The van der Waals surface area contributed by atoms with Gasteiger partial charge < -0.3 is 15.6 Å². The number of nitrogen functional groups attached to an aromatic ring is 1. The molecule has 3 N–H and O–H groups in total. The van der Waals surface area contributed by atoms with E-state index in [4.69, 9.17) is 17.3 Å². The van der Waals surface area contributed by atoms with Crippen LogP contribution in [0.5, 0.6) is 0 Å². The van der Waals surface area contributed by atoms with E-state index in [0.717, 1.165) is 11.1 Å². The second kappa shape index (κ2) is 5.18. The van der Waals surface area contributed by atoms with Crippen molar-refractivity contribution in [2.75, 3.05) is 12.8 Å². The lowest BCUT2D eigenvalue weighted by Crippen LogP contribution is -2.24. The molecule has 0 aliphatic heterocycles. The summed E-state index contributed by atoms with van der Waals surface area (Å²) in [6.07, 6.45) is -1.02. The number of esters is 1. The molecular weight excluding hydrogens is 230 g/mol. The van der Waals surface area contributed by atoms with Gasteiger partial charge >= 0.3 is 5.97 Å². The molecule has 0 saturated heterocycles. The number of methoxy groups -OCH3 is 1. The molecule has 88 valence electrons. The third-order valence-electron chi connectivity index (χ3n) is 2.30. The molecule has 4 nitrogen and oxygen atoms in total. The van der Waals surface area contributed by atoms with Crippen molar-refractivity contribution in [2.24, 2.45) is 0 Å². The van der Waals surface area contributed by atoms with Gasteiger partial charge in [-0.15, -0.1) is 0 Å². The Labute approximate surface area is 99.0 Å². The van der Waals surface area contributed by atoms with E-state index in [1.807, 2.05) is 6.92 Å². The lowest BCUT2D eigenvalue weighted by Gasteiger charge is -2.10. The van der Waals surface area contributed by atoms with Crippen LogP contribution < -0.4 is 5.73 Å². The van der Waals surface area contributed by atoms with Crippen LogP contribution in [0.2, 0.25) is 5.02 Å². The molecule has 1 aromatic rings. The van der Waals surface area contributed by atoms with E-state index >= 15 is 0 Å². The summed E-state index contributed by atoms with van der Waals surface area (Å²) >= 11 is 5.89. The van der Waals surface area contributed by atoms with Crippen LogP contribution in [0.4, 0.5) is 5.69 Å². The number of carbonyl (C=O) groups excluding carboxylic acids is 1. The zero-order chi connectivity index (χ0) is 12.3. The molecule has 5 heteroatoms. The van der Waals surface area contributed by atoms with Crippen LogP contribution in [0, 0.1) is 6.92 Å². The number of halogens is 1. The molecule has 0 radical (unpaired) electrons. The maximum Gasteiger partial charge on any atom is 0.335 e. The number of carbonyl (C=O) groups is 1. The number of benzene rings is 1. The van der Waals surface area contributed by atoms with Gasteiger partial charge in [-0.1, -0.05) is 17.7 Å². The van der Waals surface area contributed by atoms with Crippen molar-refractivity contribution in [3.63, 3.8) is 0 Å². The standard InChI is InChI=1S/C11H14ClNO3/c1-6-3-7(4-8(12)10(6)13)5-9(14)11(15)16-2/h3-4,9,14H,5,13H2,1-2H3. The third kappa shape index (κ3) is 2.87. The van der Waals surface area contributed by atoms with Crippen molar-refractivity contribution in [1.29, 1.82) is 0 Å². The molecule has 0 spiro atoms. The van der Waals surface area contributed by atoms with E-state index in [0.29, 0.717) is 10.7 Å². The van der Waals surface area contributed by atoms with E-state index in [2.05, 4.69) is 4.74 Å². The topological polar surface area (TPSA) is 72.5 Å². The summed E-state index contributed by atoms with van der Waals surface area (Å²) in [6.45, 7) is 1.81. The molecule has 0 saturated carbocycles. The lowest BCUT2D eigenvalue weighted by atomic mass is 10.0. The first-order chi connectivity index (χ1) is 7.45. The monoisotopic (exact) mass is 243 g/mol. The third-order valence-corrected chi connectivity index (χ3v) is 2.61. The van der Waals surface area contributed by atoms with Gasteiger partial charge in [-0.3, -0.25) is 0 Å². The number of rotatable bonds is 3. The maximum atomic E-state index is 11.0. The van der Waals surface area contributed by atoms with E-state index in [1.54, 1.807) is 12.1 Å². The number of anilines is 1. The predicted molar refractivity (Wildman–Crippen MR) is 62.3 cm³/mol. The zero-order valence-corrected chi connectivity index (χ0v) is 9.91. The molecule has 0 aliphatic carbocycles. The van der Waals surface area contributed by atoms with E-state index in [9.17, 15) is 9.90 Å². The quantitative estimate of drug-likeness (QED) is 0.620. The Bertz CT molecular complexity index is 383. The summed E-state index contributed by atoms with van der Waals surface area (Å²) < 4.78 is 4.42. The molecule has 0 amide bonds. The second-order valence-corrected chi connectivity index (χ2v) is 3.96. The number of nitrogens with two attached hydrogens (primary N) is 1. The fourth-order valence-corrected chi connectivity index (χ4v) is 1.68. The first-order valence-electron chi connectivity index (χ1n) is 4.76. The van der Waals surface area contributed by atoms with Gasteiger partial charge in [0.15, 0.2) is 6.10 Å². The molecule has 1 atom stereocenters. The van der Waals surface area contributed by atoms with Crippen LogP contribution in [0.15, 0.2) is 12.1 Å². The highest BCUT2D eigenvalue weighted by Crippen LogP contribution is 2.24. The minimum Gasteiger partial charge on any atom is -0.467 e. The smallest absolute Gasteiger partial charge is 0.335 e. The van der Waals surface area contributed by atoms with E-state index in [-0.39, 0.29) is 6.42 Å². The molecule has 0 bridgehead atoms. The second-order valence-electron chi connectivity index (χ2n) is 3.55. The van der Waals surface area contributed by atoms with Crippen molar-refractivity contribution in [1.82, 2.24) is 0 Å². The molecule has 1 unspecified atom stereocenters. The number of ether oxygens (including phenoxy) is 1. The Hall–Kier alpha value is -1.26. The summed E-state index contributed by atoms with van der Waals surface area (Å²) in [4.78, 5) is 11.0. The van der Waals surface area contributed by atoms with Gasteiger partial charge in [0.25, 0.3) is 0 Å². The average molecular weight is 244 g/mol. The minimum atomic E-state index is -1.18. The highest BCUT2D eigenvalue weighted by atomic mass is 35.5. The minimum absolute atomic E-state index is 0.160. The van der Waals surface area contributed by atoms with Gasteiger partial charge in [-0.05, 0) is 24.1 Å². The average Bonchev–Trinajstić information content (AvgIpc) is 2.24. The first-order valence-corrected chi connectivity index (χ1v) is 5.14. The number of hydrogen-bond donors (Lipinski definition) is 2. The molecule has 0 fully saturated rings. The highest BCUT2D eigenvalue weighted by Gasteiger charge is 2.16. The zero-order valence-electron chi connectivity index (χ0n) is 9.16. The molecule has 0 aliphatic rings. The summed E-state index contributed by atoms with van der Waals surface area (Å²) in [7, 11) is 1.23. The van der Waals surface area contributed by atoms with E-state index in [1.165, 1.54) is 7.11 Å². The van der Waals surface area contributed by atoms with Crippen LogP contribution in [0.25, 0.3) is 0 Å². The van der Waals surface area contributed by atoms with Crippen molar-refractivity contribution in [3.05, 3.63) is 28.3 Å². The Kier molecular flexibility index (Phi) is 4.15. The Balaban J connectivity index is 2.86. The summed E-state index contributed by atoms with van der Waals surface area (Å²) in [6, 6.07) is 3.42. The fraction of sp³-hybridized carbons (Fsp3) is 0.364. The van der Waals surface area contributed by atoms with E-state index < -0.39 is 12.1 Å². The molecule has 1 aromatic carbocycles. The molecular formula is C11H14ClNO3. The van der Waals surface area contributed by atoms with Gasteiger partial charge in [0.2, 0.25) is 0 Å². The van der Waals surface area contributed by atoms with Crippen molar-refractivity contribution in [2.45, 2.75) is 19.4 Å². The van der Waals surface area contributed by atoms with Crippen molar-refractivity contribution in [3.8, 4) is 0 Å². The van der Waals surface area contributed by atoms with Gasteiger partial charge in [0.1, 0.15) is 0 Å². The van der Waals surface area contributed by atoms with Gasteiger partial charge in [0, 0.05) is 6.42 Å². The number of aryl methyl sites for hydroxylation is 1. The lowest BCUT2D eigenvalue weighted by molar-refractivity contribution is -0.150.